The van der Waals surface area contributed by atoms with E-state index in [9.17, 15) is 0 Å². The molecule has 2 atom stereocenters. The van der Waals surface area contributed by atoms with E-state index < -0.39 is 0 Å². The van der Waals surface area contributed by atoms with E-state index in [0.29, 0.717) is 18.6 Å². The maximum absolute atomic E-state index is 5.98. The Morgan fingerprint density at radius 3 is 2.88 bits per heavy atom. The monoisotopic (exact) mass is 317 g/mol. The Hall–Kier alpha value is 0.0600. The Labute approximate surface area is 116 Å². The highest BCUT2D eigenvalue weighted by molar-refractivity contribution is 9.10. The predicted octanol–water partition coefficient (Wildman–Crippen LogP) is 2.15. The Bertz CT molecular complexity index is 368. The lowest BCUT2D eigenvalue weighted by Gasteiger charge is -2.42. The van der Waals surface area contributed by atoms with E-state index in [4.69, 9.17) is 5.73 Å². The van der Waals surface area contributed by atoms with Crippen LogP contribution in [0, 0.1) is 0 Å². The van der Waals surface area contributed by atoms with Gasteiger partial charge in [0.15, 0.2) is 0 Å². The minimum atomic E-state index is 0.370. The molecule has 0 amide bonds. The average molecular weight is 318 g/mol. The zero-order chi connectivity index (χ0) is 12.4. The highest BCUT2D eigenvalue weighted by Gasteiger charge is 2.28. The third-order valence-electron chi connectivity index (χ3n) is 3.42. The first-order valence-corrected chi connectivity index (χ1v) is 7.67. The number of thiophene rings is 1. The second kappa shape index (κ2) is 5.80. The number of hydrogen-bond donors (Lipinski definition) is 1. The van der Waals surface area contributed by atoms with Gasteiger partial charge in [-0.3, -0.25) is 4.90 Å². The fraction of sp³-hybridized carbons (Fsp3) is 0.667. The molecule has 2 N–H and O–H groups in total. The van der Waals surface area contributed by atoms with Gasteiger partial charge in [0.2, 0.25) is 0 Å². The summed E-state index contributed by atoms with van der Waals surface area (Å²) < 4.78 is 1.16. The van der Waals surface area contributed by atoms with Gasteiger partial charge in [-0.1, -0.05) is 0 Å². The van der Waals surface area contributed by atoms with Gasteiger partial charge in [-0.15, -0.1) is 11.3 Å². The normalized spacial score (nSPS) is 25.1. The van der Waals surface area contributed by atoms with Crippen LogP contribution in [0.15, 0.2) is 15.9 Å². The quantitative estimate of drug-likeness (QED) is 0.927. The van der Waals surface area contributed by atoms with Crippen molar-refractivity contribution in [2.24, 2.45) is 5.73 Å². The molecule has 2 heterocycles. The molecule has 0 bridgehead atoms. The van der Waals surface area contributed by atoms with Gasteiger partial charge in [-0.2, -0.15) is 0 Å². The summed E-state index contributed by atoms with van der Waals surface area (Å²) in [5.41, 5.74) is 5.98. The molecule has 0 aliphatic carbocycles. The molecule has 17 heavy (non-hydrogen) atoms. The van der Waals surface area contributed by atoms with Crippen molar-refractivity contribution in [3.63, 3.8) is 0 Å². The summed E-state index contributed by atoms with van der Waals surface area (Å²) in [5, 5.41) is 2.14. The van der Waals surface area contributed by atoms with Gasteiger partial charge >= 0.3 is 0 Å². The molecule has 0 saturated carbocycles. The summed E-state index contributed by atoms with van der Waals surface area (Å²) in [5.74, 6) is 0. The summed E-state index contributed by atoms with van der Waals surface area (Å²) in [6.45, 7) is 6.35. The van der Waals surface area contributed by atoms with Crippen molar-refractivity contribution in [2.45, 2.75) is 19.0 Å². The molecule has 3 nitrogen and oxygen atoms in total. The summed E-state index contributed by atoms with van der Waals surface area (Å²) in [4.78, 5) is 6.30. The highest BCUT2D eigenvalue weighted by Crippen LogP contribution is 2.31. The molecular formula is C12H20BrN3S. The van der Waals surface area contributed by atoms with Crippen LogP contribution in [0.1, 0.15) is 17.8 Å². The van der Waals surface area contributed by atoms with Crippen LogP contribution in [-0.2, 0) is 0 Å². The van der Waals surface area contributed by atoms with Crippen LogP contribution in [0.2, 0.25) is 0 Å². The number of rotatable bonds is 3. The summed E-state index contributed by atoms with van der Waals surface area (Å²) in [6, 6.07) is 3.14. The molecule has 96 valence electrons. The van der Waals surface area contributed by atoms with Crippen LogP contribution in [0.5, 0.6) is 0 Å². The maximum atomic E-state index is 5.98. The van der Waals surface area contributed by atoms with Crippen LogP contribution in [0.4, 0.5) is 0 Å². The number of hydrogen-bond acceptors (Lipinski definition) is 4. The van der Waals surface area contributed by atoms with E-state index in [1.165, 1.54) is 4.88 Å². The average Bonchev–Trinajstić information content (AvgIpc) is 2.69. The fourth-order valence-corrected chi connectivity index (χ4v) is 4.11. The van der Waals surface area contributed by atoms with Crippen LogP contribution in [0.3, 0.4) is 0 Å². The van der Waals surface area contributed by atoms with Crippen molar-refractivity contribution in [1.82, 2.24) is 9.80 Å². The number of halogens is 1. The number of nitrogens with zero attached hydrogens (tertiary/aromatic N) is 2. The number of piperazine rings is 1. The molecule has 1 aromatic heterocycles. The molecule has 2 rings (SSSR count). The predicted molar refractivity (Wildman–Crippen MR) is 77.5 cm³/mol. The first-order valence-electron chi connectivity index (χ1n) is 6.00. The molecule has 5 heteroatoms. The van der Waals surface area contributed by atoms with Crippen molar-refractivity contribution in [1.29, 1.82) is 0 Å². The van der Waals surface area contributed by atoms with E-state index in [2.05, 4.69) is 51.1 Å². The Kier molecular flexibility index (Phi) is 4.60. The van der Waals surface area contributed by atoms with Crippen molar-refractivity contribution < 1.29 is 0 Å². The molecule has 0 aromatic carbocycles. The smallest absolute Gasteiger partial charge is 0.0568 e. The SMILES string of the molecule is CC1CN(C)CCN1C(CN)c1cc(Br)cs1. The lowest BCUT2D eigenvalue weighted by atomic mass is 10.1. The van der Waals surface area contributed by atoms with Gasteiger partial charge in [0.25, 0.3) is 0 Å². The molecule has 1 aliphatic rings. The van der Waals surface area contributed by atoms with Gasteiger partial charge in [-0.25, -0.2) is 0 Å². The van der Waals surface area contributed by atoms with Gasteiger partial charge in [-0.05, 0) is 36.0 Å². The third-order valence-corrected chi connectivity index (χ3v) is 5.22. The van der Waals surface area contributed by atoms with Crippen LogP contribution >= 0.6 is 27.3 Å². The van der Waals surface area contributed by atoms with E-state index in [-0.39, 0.29) is 0 Å². The van der Waals surface area contributed by atoms with E-state index in [1.54, 1.807) is 11.3 Å². The minimum absolute atomic E-state index is 0.370. The largest absolute Gasteiger partial charge is 0.329 e. The molecule has 0 spiro atoms. The molecule has 2 unspecified atom stereocenters. The van der Waals surface area contributed by atoms with Crippen LogP contribution in [-0.4, -0.2) is 49.1 Å². The molecule has 0 radical (unpaired) electrons. The summed E-state index contributed by atoms with van der Waals surface area (Å²) >= 11 is 5.32. The Morgan fingerprint density at radius 2 is 2.35 bits per heavy atom. The Balaban J connectivity index is 2.13. The zero-order valence-electron chi connectivity index (χ0n) is 10.4. The minimum Gasteiger partial charge on any atom is -0.329 e. The first-order chi connectivity index (χ1) is 8.11. The third kappa shape index (κ3) is 3.09. The van der Waals surface area contributed by atoms with Gasteiger partial charge in [0, 0.05) is 47.0 Å². The zero-order valence-corrected chi connectivity index (χ0v) is 12.8. The van der Waals surface area contributed by atoms with Crippen molar-refractivity contribution in [3.8, 4) is 0 Å². The van der Waals surface area contributed by atoms with Crippen LogP contribution < -0.4 is 5.73 Å². The van der Waals surface area contributed by atoms with E-state index in [1.807, 2.05) is 0 Å². The topological polar surface area (TPSA) is 32.5 Å². The lowest BCUT2D eigenvalue weighted by Crippen LogP contribution is -2.52. The maximum Gasteiger partial charge on any atom is 0.0568 e. The molecule has 1 fully saturated rings. The van der Waals surface area contributed by atoms with Crippen LogP contribution in [0.25, 0.3) is 0 Å². The number of nitrogens with two attached hydrogens (primary N) is 1. The molecule has 1 aliphatic heterocycles. The van der Waals surface area contributed by atoms with Gasteiger partial charge in [0.1, 0.15) is 0 Å². The second-order valence-electron chi connectivity index (χ2n) is 4.77. The highest BCUT2D eigenvalue weighted by atomic mass is 79.9. The van der Waals surface area contributed by atoms with E-state index in [0.717, 1.165) is 24.1 Å². The molecule has 1 saturated heterocycles. The standard InChI is InChI=1S/C12H20BrN3S/c1-9-7-15(2)3-4-16(9)11(6-14)12-5-10(13)8-17-12/h5,8-9,11H,3-4,6-7,14H2,1-2H3. The Morgan fingerprint density at radius 1 is 1.59 bits per heavy atom. The summed E-state index contributed by atoms with van der Waals surface area (Å²) in [7, 11) is 2.19. The second-order valence-corrected chi connectivity index (χ2v) is 6.63. The number of likely N-dealkylation sites (N-methyl/N-ethyl adjacent to an activating group) is 1. The fourth-order valence-electron chi connectivity index (χ4n) is 2.53. The van der Waals surface area contributed by atoms with Crippen molar-refractivity contribution in [2.75, 3.05) is 33.2 Å². The molecular weight excluding hydrogens is 298 g/mol. The van der Waals surface area contributed by atoms with Gasteiger partial charge in [0.05, 0.1) is 6.04 Å². The first kappa shape index (κ1) is 13.5. The lowest BCUT2D eigenvalue weighted by molar-refractivity contribution is 0.0648. The van der Waals surface area contributed by atoms with Crippen molar-refractivity contribution in [3.05, 3.63) is 20.8 Å². The van der Waals surface area contributed by atoms with Gasteiger partial charge < -0.3 is 10.6 Å². The van der Waals surface area contributed by atoms with Crippen molar-refractivity contribution >= 4 is 27.3 Å². The molecule has 1 aromatic rings. The van der Waals surface area contributed by atoms with E-state index >= 15 is 0 Å². The summed E-state index contributed by atoms with van der Waals surface area (Å²) in [6.07, 6.45) is 0.